The van der Waals surface area contributed by atoms with E-state index in [0.717, 1.165) is 73.3 Å². The molecule has 0 saturated heterocycles. The number of para-hydroxylation sites is 2. The van der Waals surface area contributed by atoms with Crippen LogP contribution in [0.25, 0.3) is 33.0 Å². The minimum absolute atomic E-state index is 0.854. The van der Waals surface area contributed by atoms with E-state index in [4.69, 9.17) is 11.5 Å². The molecule has 0 aliphatic heterocycles. The predicted octanol–water partition coefficient (Wildman–Crippen LogP) is 16.3. The van der Waals surface area contributed by atoms with Crippen molar-refractivity contribution in [2.75, 3.05) is 10.8 Å². The van der Waals surface area contributed by atoms with Crippen molar-refractivity contribution in [1.29, 1.82) is 0 Å². The number of anilines is 2. The molecule has 0 bridgehead atoms. The van der Waals surface area contributed by atoms with Crippen molar-refractivity contribution in [1.82, 2.24) is 0 Å². The zero-order valence-corrected chi connectivity index (χ0v) is 38.0. The average molecular weight is 851 g/mol. The number of hydrogen-bond acceptors (Lipinski definition) is 3. The van der Waals surface area contributed by atoms with Gasteiger partial charge in [-0.1, -0.05) is 154 Å². The summed E-state index contributed by atoms with van der Waals surface area (Å²) < 4.78 is 0. The molecule has 64 heavy (non-hydrogen) atoms. The molecule has 3 atom stereocenters. The molecule has 2 aliphatic carbocycles. The molecule has 3 unspecified atom stereocenters. The fraction of sp³-hybridized carbons (Fsp3) is 0.262. The van der Waals surface area contributed by atoms with Crippen LogP contribution in [0.3, 0.4) is 0 Å². The third-order valence-electron chi connectivity index (χ3n) is 13.6. The van der Waals surface area contributed by atoms with E-state index in [-0.39, 0.29) is 0 Å². The van der Waals surface area contributed by atoms with Crippen molar-refractivity contribution in [3.05, 3.63) is 186 Å². The summed E-state index contributed by atoms with van der Waals surface area (Å²) in [6.45, 7) is 2.19. The van der Waals surface area contributed by atoms with E-state index in [9.17, 15) is 0 Å². The lowest BCUT2D eigenvalue weighted by atomic mass is 9.57. The van der Waals surface area contributed by atoms with Gasteiger partial charge in [-0.05, 0) is 161 Å². The fourth-order valence-electron chi connectivity index (χ4n) is 10.1. The molecule has 0 N–H and O–H groups in total. The quantitative estimate of drug-likeness (QED) is 0.0336. The second kappa shape index (κ2) is 20.9. The number of hydrogen-bond donors (Lipinski definition) is 0. The molecule has 7 aromatic carbocycles. The first-order valence-corrected chi connectivity index (χ1v) is 24.5. The summed E-state index contributed by atoms with van der Waals surface area (Å²) in [5.41, 5.74) is 11.7. The van der Waals surface area contributed by atoms with E-state index in [1.54, 1.807) is 6.42 Å². The highest BCUT2D eigenvalue weighted by Gasteiger charge is 2.40. The summed E-state index contributed by atoms with van der Waals surface area (Å²) in [6.07, 6.45) is 23.7. The van der Waals surface area contributed by atoms with Crippen LogP contribution >= 0.6 is 11.8 Å². The number of aryl methyl sites for hydroxylation is 1. The SMILES string of the molecule is C#Cc1ccc(-c2ccc3cc(C#Cc4ccc(-c5ccc(SCCCCCCCC6CC7CCCCC67)cc5)c(C)c4)ccc3c2/C=N/N(c2ccccc2)c2ccccc2)cc1. The summed E-state index contributed by atoms with van der Waals surface area (Å²) in [6, 6.07) is 55.2. The molecular formula is C61H58N2S. The monoisotopic (exact) mass is 850 g/mol. The first-order chi connectivity index (χ1) is 31.6. The minimum Gasteiger partial charge on any atom is -0.234 e. The van der Waals surface area contributed by atoms with Gasteiger partial charge in [-0.25, -0.2) is 5.01 Å². The van der Waals surface area contributed by atoms with Crippen LogP contribution in [0.2, 0.25) is 0 Å². The minimum atomic E-state index is 0.854. The highest BCUT2D eigenvalue weighted by molar-refractivity contribution is 7.99. The Morgan fingerprint density at radius 2 is 1.27 bits per heavy atom. The number of rotatable bonds is 15. The Hall–Kier alpha value is -6.26. The maximum Gasteiger partial charge on any atom is 0.0652 e. The topological polar surface area (TPSA) is 15.6 Å². The normalized spacial score (nSPS) is 16.7. The van der Waals surface area contributed by atoms with Crippen molar-refractivity contribution in [3.63, 3.8) is 0 Å². The molecule has 7 aromatic rings. The number of thioether (sulfide) groups is 1. The number of hydrazone groups is 1. The van der Waals surface area contributed by atoms with E-state index in [1.807, 2.05) is 71.5 Å². The second-order valence-corrected chi connectivity index (χ2v) is 19.0. The third kappa shape index (κ3) is 10.4. The van der Waals surface area contributed by atoms with Crippen LogP contribution in [-0.2, 0) is 0 Å². The van der Waals surface area contributed by atoms with Gasteiger partial charge in [0.15, 0.2) is 0 Å². The Bertz CT molecular complexity index is 2750. The Labute approximate surface area is 386 Å². The smallest absolute Gasteiger partial charge is 0.0652 e. The lowest BCUT2D eigenvalue weighted by molar-refractivity contribution is 0.0225. The second-order valence-electron chi connectivity index (χ2n) is 17.8. The maximum atomic E-state index is 5.71. The van der Waals surface area contributed by atoms with Crippen molar-refractivity contribution >= 4 is 40.1 Å². The van der Waals surface area contributed by atoms with E-state index in [2.05, 4.69) is 134 Å². The molecule has 0 amide bonds. The van der Waals surface area contributed by atoms with Crippen LogP contribution in [0.4, 0.5) is 11.4 Å². The van der Waals surface area contributed by atoms with Crippen molar-refractivity contribution < 1.29 is 0 Å². The van der Waals surface area contributed by atoms with Crippen LogP contribution < -0.4 is 5.01 Å². The van der Waals surface area contributed by atoms with Gasteiger partial charge in [-0.2, -0.15) is 5.10 Å². The third-order valence-corrected chi connectivity index (χ3v) is 14.7. The van der Waals surface area contributed by atoms with Gasteiger partial charge in [0.25, 0.3) is 0 Å². The Morgan fingerprint density at radius 1 is 0.641 bits per heavy atom. The van der Waals surface area contributed by atoms with Gasteiger partial charge in [0.1, 0.15) is 0 Å². The van der Waals surface area contributed by atoms with Gasteiger partial charge in [-0.15, -0.1) is 18.2 Å². The lowest BCUT2D eigenvalue weighted by Crippen LogP contribution is -2.38. The van der Waals surface area contributed by atoms with E-state index in [0.29, 0.717) is 0 Å². The maximum absolute atomic E-state index is 5.71. The highest BCUT2D eigenvalue weighted by atomic mass is 32.2. The van der Waals surface area contributed by atoms with Crippen molar-refractivity contribution in [2.45, 2.75) is 82.4 Å². The van der Waals surface area contributed by atoms with E-state index < -0.39 is 0 Å². The number of terminal acetylenes is 1. The molecule has 2 nitrogen and oxygen atoms in total. The summed E-state index contributed by atoms with van der Waals surface area (Å²) in [7, 11) is 0. The summed E-state index contributed by atoms with van der Waals surface area (Å²) in [5.74, 6) is 14.1. The zero-order valence-electron chi connectivity index (χ0n) is 37.2. The van der Waals surface area contributed by atoms with E-state index >= 15 is 0 Å². The van der Waals surface area contributed by atoms with Crippen LogP contribution in [-0.4, -0.2) is 12.0 Å². The van der Waals surface area contributed by atoms with Gasteiger partial charge in [0.05, 0.1) is 17.6 Å². The molecule has 2 fully saturated rings. The Morgan fingerprint density at radius 3 is 1.98 bits per heavy atom. The first-order valence-electron chi connectivity index (χ1n) is 23.5. The van der Waals surface area contributed by atoms with Crippen LogP contribution in [0.5, 0.6) is 0 Å². The molecule has 9 rings (SSSR count). The molecule has 2 saturated carbocycles. The van der Waals surface area contributed by atoms with Crippen LogP contribution in [0, 0.1) is 48.9 Å². The van der Waals surface area contributed by atoms with Gasteiger partial charge in [0.2, 0.25) is 0 Å². The summed E-state index contributed by atoms with van der Waals surface area (Å²) in [4.78, 5) is 1.36. The zero-order chi connectivity index (χ0) is 43.5. The van der Waals surface area contributed by atoms with Crippen LogP contribution in [0.1, 0.15) is 98.4 Å². The summed E-state index contributed by atoms with van der Waals surface area (Å²) >= 11 is 2.00. The standard InChI is InChI=1S/C61H58N2S/c1-3-46-26-30-50(31-27-46)59-39-34-53-42-48(29-38-60(53)61(59)44-62-63(54-19-10-7-11-20-54)55-21-12-8-13-22-55)25-24-47-28-37-57(45(2)41-47)49-32-35-56(36-33-49)64-40-16-6-4-5-9-17-51-43-52-18-14-15-23-58(51)52/h1,7-8,10-13,19-22,26-39,41-42,44,51-52,58H,4-6,9,14-18,23,40,43H2,2H3/b62-44+. The lowest BCUT2D eigenvalue weighted by Gasteiger charge is -2.48. The van der Waals surface area contributed by atoms with Gasteiger partial charge >= 0.3 is 0 Å². The number of unbranched alkanes of at least 4 members (excludes halogenated alkanes) is 4. The van der Waals surface area contributed by atoms with Crippen molar-refractivity contribution in [2.24, 2.45) is 22.9 Å². The Balaban J connectivity index is 0.849. The van der Waals surface area contributed by atoms with Gasteiger partial charge in [0, 0.05) is 27.1 Å². The van der Waals surface area contributed by atoms with Crippen molar-refractivity contribution in [3.8, 4) is 46.4 Å². The number of nitrogens with zero attached hydrogens (tertiary/aromatic N) is 2. The molecule has 3 heteroatoms. The van der Waals surface area contributed by atoms with Gasteiger partial charge in [-0.3, -0.25) is 0 Å². The predicted molar refractivity (Wildman–Crippen MR) is 275 cm³/mol. The first kappa shape index (κ1) is 43.0. The average Bonchev–Trinajstić information content (AvgIpc) is 3.34. The Kier molecular flexibility index (Phi) is 14.1. The molecule has 0 radical (unpaired) electrons. The largest absolute Gasteiger partial charge is 0.234 e. The molecule has 0 aromatic heterocycles. The molecule has 318 valence electrons. The number of fused-ring (bicyclic) bond motifs is 2. The fourth-order valence-corrected chi connectivity index (χ4v) is 11.0. The summed E-state index contributed by atoms with van der Waals surface area (Å²) in [5, 5.41) is 9.31. The van der Waals surface area contributed by atoms with Crippen LogP contribution in [0.15, 0.2) is 168 Å². The van der Waals surface area contributed by atoms with Gasteiger partial charge < -0.3 is 0 Å². The molecule has 2 aliphatic rings. The molecular weight excluding hydrogens is 793 g/mol. The number of benzene rings is 7. The highest BCUT2D eigenvalue weighted by Crippen LogP contribution is 2.51. The molecule has 0 heterocycles. The van der Waals surface area contributed by atoms with E-state index in [1.165, 1.54) is 91.5 Å². The molecule has 0 spiro atoms.